The third-order valence-electron chi connectivity index (χ3n) is 13.5. The second kappa shape index (κ2) is 16.6. The van der Waals surface area contributed by atoms with Crippen molar-refractivity contribution in [2.75, 3.05) is 0 Å². The molecule has 0 amide bonds. The fourth-order valence-electron chi connectivity index (χ4n) is 10.2. The molecule has 5 heteroatoms. The number of hydrogen-bond donors (Lipinski definition) is 0. The lowest BCUT2D eigenvalue weighted by Crippen LogP contribution is -2.28. The molecular formula is C64H41N3O2. The van der Waals surface area contributed by atoms with E-state index < -0.39 is 5.41 Å². The summed E-state index contributed by atoms with van der Waals surface area (Å²) in [6.45, 7) is 0. The molecule has 0 radical (unpaired) electrons. The summed E-state index contributed by atoms with van der Waals surface area (Å²) < 4.78 is 13.5. The Morgan fingerprint density at radius 3 is 1.25 bits per heavy atom. The second-order valence-electron chi connectivity index (χ2n) is 17.5. The number of benzene rings is 10. The molecule has 0 fully saturated rings. The van der Waals surface area contributed by atoms with E-state index in [0.29, 0.717) is 40.5 Å². The van der Waals surface area contributed by atoms with Crippen LogP contribution in [0.5, 0.6) is 23.0 Å². The molecule has 69 heavy (non-hydrogen) atoms. The number of fused-ring (bicyclic) bond motifs is 5. The van der Waals surface area contributed by atoms with E-state index in [9.17, 15) is 0 Å². The first kappa shape index (κ1) is 40.1. The van der Waals surface area contributed by atoms with E-state index in [2.05, 4.69) is 231 Å². The summed E-state index contributed by atoms with van der Waals surface area (Å²) in [4.78, 5) is 15.3. The lowest BCUT2D eigenvalue weighted by molar-refractivity contribution is 0.359. The third kappa shape index (κ3) is 6.99. The van der Waals surface area contributed by atoms with Crippen molar-refractivity contribution < 1.29 is 9.47 Å². The summed E-state index contributed by atoms with van der Waals surface area (Å²) >= 11 is 0. The van der Waals surface area contributed by atoms with E-state index in [1.165, 1.54) is 27.8 Å². The molecule has 2 heterocycles. The Hall–Kier alpha value is -9.19. The van der Waals surface area contributed by atoms with Gasteiger partial charge < -0.3 is 9.47 Å². The zero-order chi connectivity index (χ0) is 45.7. The molecule has 0 bridgehead atoms. The first-order valence-corrected chi connectivity index (χ1v) is 23.2. The topological polar surface area (TPSA) is 57.1 Å². The van der Waals surface area contributed by atoms with Crippen LogP contribution in [-0.2, 0) is 5.41 Å². The van der Waals surface area contributed by atoms with Crippen molar-refractivity contribution >= 4 is 0 Å². The van der Waals surface area contributed by atoms with Gasteiger partial charge in [-0.25, -0.2) is 15.0 Å². The van der Waals surface area contributed by atoms with Gasteiger partial charge in [0.2, 0.25) is 0 Å². The minimum Gasteiger partial charge on any atom is -0.450 e. The van der Waals surface area contributed by atoms with Crippen LogP contribution in [0.3, 0.4) is 0 Å². The van der Waals surface area contributed by atoms with Crippen LogP contribution in [0.4, 0.5) is 0 Å². The van der Waals surface area contributed by atoms with Crippen molar-refractivity contribution in [1.82, 2.24) is 15.0 Å². The van der Waals surface area contributed by atoms with Crippen molar-refractivity contribution in [3.05, 3.63) is 271 Å². The molecule has 0 saturated heterocycles. The summed E-state index contributed by atoms with van der Waals surface area (Å²) in [5, 5.41) is 0. The van der Waals surface area contributed by atoms with Gasteiger partial charge in [-0.3, -0.25) is 0 Å². The molecule has 0 spiro atoms. The highest BCUT2D eigenvalue weighted by Gasteiger charge is 2.47. The zero-order valence-electron chi connectivity index (χ0n) is 37.3. The normalized spacial score (nSPS) is 12.7. The lowest BCUT2D eigenvalue weighted by atomic mass is 9.67. The first-order chi connectivity index (χ1) is 34.2. The number of nitrogens with zero attached hydrogens (tertiary/aromatic N) is 3. The Kier molecular flexibility index (Phi) is 9.65. The van der Waals surface area contributed by atoms with Crippen LogP contribution in [0.2, 0.25) is 0 Å². The van der Waals surface area contributed by atoms with Crippen LogP contribution in [-0.4, -0.2) is 15.0 Å². The Bertz CT molecular complexity index is 3570. The number of ether oxygens (including phenoxy) is 2. The fraction of sp³-hybridized carbons (Fsp3) is 0.0156. The van der Waals surface area contributed by atoms with E-state index >= 15 is 0 Å². The van der Waals surface area contributed by atoms with E-state index in [1.807, 2.05) is 18.2 Å². The zero-order valence-corrected chi connectivity index (χ0v) is 37.3. The number of hydrogen-bond acceptors (Lipinski definition) is 5. The van der Waals surface area contributed by atoms with E-state index in [0.717, 1.165) is 55.6 Å². The molecule has 0 N–H and O–H groups in total. The molecule has 1 aliphatic carbocycles. The van der Waals surface area contributed by atoms with Crippen molar-refractivity contribution in [1.29, 1.82) is 0 Å². The van der Waals surface area contributed by atoms with Gasteiger partial charge >= 0.3 is 0 Å². The second-order valence-corrected chi connectivity index (χ2v) is 17.5. The van der Waals surface area contributed by atoms with Crippen LogP contribution in [0, 0.1) is 0 Å². The Labute approximate surface area is 400 Å². The van der Waals surface area contributed by atoms with E-state index in [1.54, 1.807) is 0 Å². The summed E-state index contributed by atoms with van der Waals surface area (Å²) in [7, 11) is 0. The van der Waals surface area contributed by atoms with Gasteiger partial charge in [-0.2, -0.15) is 0 Å². The maximum Gasteiger partial charge on any atom is 0.170 e. The Morgan fingerprint density at radius 1 is 0.246 bits per heavy atom. The Balaban J connectivity index is 0.849. The maximum absolute atomic E-state index is 6.78. The van der Waals surface area contributed by atoms with Crippen molar-refractivity contribution in [2.45, 2.75) is 5.41 Å². The molecule has 1 aliphatic heterocycles. The van der Waals surface area contributed by atoms with Crippen molar-refractivity contribution in [3.8, 4) is 102 Å². The van der Waals surface area contributed by atoms with Gasteiger partial charge in [0.25, 0.3) is 0 Å². The van der Waals surface area contributed by atoms with Gasteiger partial charge in [-0.15, -0.1) is 0 Å². The molecule has 10 aromatic carbocycles. The molecule has 11 aromatic rings. The van der Waals surface area contributed by atoms with E-state index in [-0.39, 0.29) is 0 Å². The highest BCUT2D eigenvalue weighted by atomic mass is 16.6. The van der Waals surface area contributed by atoms with E-state index in [4.69, 9.17) is 24.4 Å². The van der Waals surface area contributed by atoms with Crippen LogP contribution in [0.25, 0.3) is 78.7 Å². The molecule has 0 unspecified atom stereocenters. The van der Waals surface area contributed by atoms with Crippen molar-refractivity contribution in [3.63, 3.8) is 0 Å². The van der Waals surface area contributed by atoms with Gasteiger partial charge in [-0.1, -0.05) is 212 Å². The average molecular weight is 884 g/mol. The molecule has 13 rings (SSSR count). The predicted octanol–water partition coefficient (Wildman–Crippen LogP) is 16.1. The molecule has 2 aliphatic rings. The van der Waals surface area contributed by atoms with Crippen LogP contribution >= 0.6 is 0 Å². The highest BCUT2D eigenvalue weighted by Crippen LogP contribution is 2.60. The standard InChI is InChI=1S/C64H41N3O2/c1-5-17-42(18-6-1)46-21-15-23-49(37-46)62-65-61(66-63(67-62)50-24-16-22-47(38-50)43-19-7-2-8-20-43)45-33-31-44(32-34-45)48-35-36-57-58(39-48)69-59-40-54-53-29-13-14-30-55(53)64(51-25-9-3-10-26-51,52-27-11-4-12-28-52)56(54)41-60(59)68-57/h1-41H. The van der Waals surface area contributed by atoms with Crippen LogP contribution in [0.15, 0.2) is 249 Å². The summed E-state index contributed by atoms with van der Waals surface area (Å²) in [6, 6.07) is 86.8. The molecule has 5 nitrogen and oxygen atoms in total. The quantitative estimate of drug-likeness (QED) is 0.152. The summed E-state index contributed by atoms with van der Waals surface area (Å²) in [5.41, 5.74) is 15.8. The molecule has 0 atom stereocenters. The highest BCUT2D eigenvalue weighted by molar-refractivity contribution is 5.88. The van der Waals surface area contributed by atoms with Gasteiger partial charge in [0.05, 0.1) is 5.41 Å². The lowest BCUT2D eigenvalue weighted by Gasteiger charge is -2.34. The number of aromatic nitrogens is 3. The smallest absolute Gasteiger partial charge is 0.170 e. The van der Waals surface area contributed by atoms with Gasteiger partial charge in [-0.05, 0) is 103 Å². The Morgan fingerprint density at radius 2 is 0.652 bits per heavy atom. The fourth-order valence-corrected chi connectivity index (χ4v) is 10.2. The average Bonchev–Trinajstić information content (AvgIpc) is 3.72. The van der Waals surface area contributed by atoms with Crippen LogP contribution in [0.1, 0.15) is 22.3 Å². The minimum atomic E-state index is -0.533. The van der Waals surface area contributed by atoms with Crippen LogP contribution < -0.4 is 9.47 Å². The molecule has 1 aromatic heterocycles. The van der Waals surface area contributed by atoms with Gasteiger partial charge in [0.1, 0.15) is 0 Å². The molecule has 324 valence electrons. The maximum atomic E-state index is 6.78. The first-order valence-electron chi connectivity index (χ1n) is 23.2. The number of rotatable bonds is 8. The minimum absolute atomic E-state index is 0.533. The largest absolute Gasteiger partial charge is 0.450 e. The monoisotopic (exact) mass is 883 g/mol. The third-order valence-corrected chi connectivity index (χ3v) is 13.5. The van der Waals surface area contributed by atoms with Crippen molar-refractivity contribution in [2.24, 2.45) is 0 Å². The SMILES string of the molecule is c1ccc(-c2cccc(-c3nc(-c4ccc(-c5ccc6c(c5)Oc5cc7c(cc5O6)C(c5ccccc5)(c5ccccc5)c5ccccc5-7)cc4)nc(-c4cccc(-c5ccccc5)c4)n3)c2)cc1. The molecular weight excluding hydrogens is 843 g/mol. The molecule has 0 saturated carbocycles. The predicted molar refractivity (Wildman–Crippen MR) is 276 cm³/mol. The van der Waals surface area contributed by atoms with Gasteiger partial charge in [0, 0.05) is 16.7 Å². The summed E-state index contributed by atoms with van der Waals surface area (Å²) in [5.74, 6) is 4.51. The summed E-state index contributed by atoms with van der Waals surface area (Å²) in [6.07, 6.45) is 0. The van der Waals surface area contributed by atoms with Gasteiger partial charge in [0.15, 0.2) is 40.5 Å².